The number of rotatable bonds is 4. The summed E-state index contributed by atoms with van der Waals surface area (Å²) in [6, 6.07) is 0.314. The maximum Gasteiger partial charge on any atom is 0.231 e. The van der Waals surface area contributed by atoms with E-state index in [2.05, 4.69) is 52.9 Å². The van der Waals surface area contributed by atoms with Crippen molar-refractivity contribution in [1.82, 2.24) is 15.0 Å². The summed E-state index contributed by atoms with van der Waals surface area (Å²) >= 11 is 0. The fourth-order valence-corrected chi connectivity index (χ4v) is 1.58. The Balaban J connectivity index is 3.15. The Morgan fingerprint density at radius 1 is 1.00 bits per heavy atom. The van der Waals surface area contributed by atoms with Crippen LogP contribution in [-0.2, 0) is 0 Å². The first kappa shape index (κ1) is 15.5. The van der Waals surface area contributed by atoms with Crippen molar-refractivity contribution < 1.29 is 0 Å². The number of hydrogen-bond acceptors (Lipinski definition) is 6. The summed E-state index contributed by atoms with van der Waals surface area (Å²) < 4.78 is 0. The molecule has 0 saturated carbocycles. The second-order valence-electron chi connectivity index (χ2n) is 6.06. The third-order valence-corrected chi connectivity index (χ3v) is 3.39. The lowest BCUT2D eigenvalue weighted by Crippen LogP contribution is -2.40. The summed E-state index contributed by atoms with van der Waals surface area (Å²) in [6.45, 7) is 8.81. The number of anilines is 3. The average molecular weight is 266 g/mol. The molecular formula is C13H26N6. The second-order valence-corrected chi connectivity index (χ2v) is 6.06. The number of aromatic nitrogens is 3. The minimum atomic E-state index is 0.152. The molecule has 0 amide bonds. The predicted octanol–water partition coefficient (Wildman–Crippen LogP) is 1.85. The Morgan fingerprint density at radius 2 is 1.53 bits per heavy atom. The largest absolute Gasteiger partial charge is 0.357 e. The van der Waals surface area contributed by atoms with Gasteiger partial charge in [-0.1, -0.05) is 20.8 Å². The van der Waals surface area contributed by atoms with Gasteiger partial charge in [0.05, 0.1) is 0 Å². The molecule has 0 radical (unpaired) electrons. The van der Waals surface area contributed by atoms with Crippen molar-refractivity contribution in [3.05, 3.63) is 0 Å². The Bertz CT molecular complexity index is 424. The molecule has 1 rings (SSSR count). The van der Waals surface area contributed by atoms with Gasteiger partial charge >= 0.3 is 0 Å². The summed E-state index contributed by atoms with van der Waals surface area (Å²) in [5.74, 6) is 1.93. The van der Waals surface area contributed by atoms with Crippen molar-refractivity contribution in [3.8, 4) is 0 Å². The molecule has 0 saturated heterocycles. The van der Waals surface area contributed by atoms with Gasteiger partial charge in [-0.2, -0.15) is 15.0 Å². The lowest BCUT2D eigenvalue weighted by atomic mass is 9.87. The molecule has 19 heavy (non-hydrogen) atoms. The third-order valence-electron chi connectivity index (χ3n) is 3.39. The maximum atomic E-state index is 4.50. The van der Waals surface area contributed by atoms with E-state index in [1.54, 1.807) is 0 Å². The van der Waals surface area contributed by atoms with Gasteiger partial charge in [-0.15, -0.1) is 0 Å². The smallest absolute Gasteiger partial charge is 0.231 e. The van der Waals surface area contributed by atoms with E-state index in [9.17, 15) is 0 Å². The van der Waals surface area contributed by atoms with E-state index in [-0.39, 0.29) is 5.41 Å². The van der Waals surface area contributed by atoms with Gasteiger partial charge in [0.1, 0.15) is 0 Å². The van der Waals surface area contributed by atoms with Crippen LogP contribution < -0.4 is 15.1 Å². The van der Waals surface area contributed by atoms with Crippen LogP contribution in [0.3, 0.4) is 0 Å². The monoisotopic (exact) mass is 266 g/mol. The van der Waals surface area contributed by atoms with Gasteiger partial charge in [-0.3, -0.25) is 0 Å². The SMILES string of the molecule is CNc1nc(N(C)C)nc(N(C)C(C)C(C)(C)C)n1. The molecule has 0 aliphatic carbocycles. The van der Waals surface area contributed by atoms with E-state index in [0.717, 1.165) is 0 Å². The van der Waals surface area contributed by atoms with E-state index in [1.165, 1.54) is 0 Å². The fraction of sp³-hybridized carbons (Fsp3) is 0.769. The molecular weight excluding hydrogens is 240 g/mol. The molecule has 1 N–H and O–H groups in total. The van der Waals surface area contributed by atoms with Crippen LogP contribution >= 0.6 is 0 Å². The summed E-state index contributed by atoms with van der Waals surface area (Å²) in [4.78, 5) is 17.2. The second kappa shape index (κ2) is 5.59. The molecule has 1 heterocycles. The molecule has 1 unspecified atom stereocenters. The fourth-order valence-electron chi connectivity index (χ4n) is 1.58. The number of hydrogen-bond donors (Lipinski definition) is 1. The van der Waals surface area contributed by atoms with Crippen LogP contribution in [0.2, 0.25) is 0 Å². The first-order valence-corrected chi connectivity index (χ1v) is 6.50. The number of nitrogens with one attached hydrogen (secondary N) is 1. The van der Waals surface area contributed by atoms with E-state index < -0.39 is 0 Å². The molecule has 1 aromatic rings. The summed E-state index contributed by atoms with van der Waals surface area (Å²) in [5.41, 5.74) is 0.152. The molecule has 1 aromatic heterocycles. The minimum absolute atomic E-state index is 0.152. The molecule has 0 aliphatic rings. The highest BCUT2D eigenvalue weighted by molar-refractivity contribution is 5.44. The highest BCUT2D eigenvalue weighted by Gasteiger charge is 2.26. The first-order chi connectivity index (χ1) is 8.66. The lowest BCUT2D eigenvalue weighted by molar-refractivity contribution is 0.327. The topological polar surface area (TPSA) is 57.2 Å². The minimum Gasteiger partial charge on any atom is -0.357 e. The zero-order valence-corrected chi connectivity index (χ0v) is 13.3. The summed E-state index contributed by atoms with van der Waals surface area (Å²) in [6.07, 6.45) is 0. The van der Waals surface area contributed by atoms with Gasteiger partial charge in [0.15, 0.2) is 0 Å². The van der Waals surface area contributed by atoms with Crippen molar-refractivity contribution >= 4 is 17.8 Å². The molecule has 0 aliphatic heterocycles. The van der Waals surface area contributed by atoms with Crippen LogP contribution in [0, 0.1) is 5.41 Å². The van der Waals surface area contributed by atoms with Crippen molar-refractivity contribution in [3.63, 3.8) is 0 Å². The van der Waals surface area contributed by atoms with Crippen LogP contribution in [-0.4, -0.2) is 49.2 Å². The van der Waals surface area contributed by atoms with Gasteiger partial charge in [0.25, 0.3) is 0 Å². The summed E-state index contributed by atoms with van der Waals surface area (Å²) in [7, 11) is 7.67. The van der Waals surface area contributed by atoms with E-state index in [4.69, 9.17) is 0 Å². The average Bonchev–Trinajstić information content (AvgIpc) is 2.35. The number of nitrogens with zero attached hydrogens (tertiary/aromatic N) is 5. The highest BCUT2D eigenvalue weighted by Crippen LogP contribution is 2.26. The highest BCUT2D eigenvalue weighted by atomic mass is 15.3. The van der Waals surface area contributed by atoms with Gasteiger partial charge in [-0.25, -0.2) is 0 Å². The van der Waals surface area contributed by atoms with Crippen molar-refractivity contribution in [2.45, 2.75) is 33.7 Å². The first-order valence-electron chi connectivity index (χ1n) is 6.50. The zero-order chi connectivity index (χ0) is 14.8. The van der Waals surface area contributed by atoms with Gasteiger partial charge in [-0.05, 0) is 12.3 Å². The van der Waals surface area contributed by atoms with Gasteiger partial charge < -0.3 is 15.1 Å². The van der Waals surface area contributed by atoms with Crippen molar-refractivity contribution in [2.24, 2.45) is 5.41 Å². The maximum absolute atomic E-state index is 4.50. The van der Waals surface area contributed by atoms with Crippen LogP contribution in [0.5, 0.6) is 0 Å². The Kier molecular flexibility index (Phi) is 4.55. The zero-order valence-electron chi connectivity index (χ0n) is 13.3. The van der Waals surface area contributed by atoms with Crippen LogP contribution in [0.25, 0.3) is 0 Å². The molecule has 0 aromatic carbocycles. The Hall–Kier alpha value is -1.59. The third kappa shape index (κ3) is 3.68. The Labute approximate surface area is 116 Å². The van der Waals surface area contributed by atoms with Crippen LogP contribution in [0.15, 0.2) is 0 Å². The van der Waals surface area contributed by atoms with E-state index >= 15 is 0 Å². The standard InChI is InChI=1S/C13H26N6/c1-9(13(2,3)4)19(8)12-16-10(14-5)15-11(17-12)18(6)7/h9H,1-8H3,(H,14,15,16,17). The van der Waals surface area contributed by atoms with E-state index in [1.807, 2.05) is 33.1 Å². The van der Waals surface area contributed by atoms with Crippen molar-refractivity contribution in [1.29, 1.82) is 0 Å². The van der Waals surface area contributed by atoms with Crippen LogP contribution in [0.4, 0.5) is 17.8 Å². The molecule has 6 nitrogen and oxygen atoms in total. The van der Waals surface area contributed by atoms with Crippen LogP contribution in [0.1, 0.15) is 27.7 Å². The summed E-state index contributed by atoms with van der Waals surface area (Å²) in [5, 5.41) is 2.98. The van der Waals surface area contributed by atoms with E-state index in [0.29, 0.717) is 23.9 Å². The molecule has 0 fully saturated rings. The van der Waals surface area contributed by atoms with Gasteiger partial charge in [0.2, 0.25) is 17.8 Å². The van der Waals surface area contributed by atoms with Crippen molar-refractivity contribution in [2.75, 3.05) is 43.3 Å². The molecule has 0 bridgehead atoms. The molecule has 0 spiro atoms. The Morgan fingerprint density at radius 3 is 1.95 bits per heavy atom. The van der Waals surface area contributed by atoms with Gasteiger partial charge in [0, 0.05) is 34.2 Å². The normalized spacial score (nSPS) is 13.1. The molecule has 6 heteroatoms. The molecule has 1 atom stereocenters. The predicted molar refractivity (Wildman–Crippen MR) is 81.0 cm³/mol. The quantitative estimate of drug-likeness (QED) is 0.897. The lowest BCUT2D eigenvalue weighted by Gasteiger charge is -2.35. The molecule has 108 valence electrons.